The van der Waals surface area contributed by atoms with Crippen LogP contribution in [0.15, 0.2) is 36.5 Å². The maximum absolute atomic E-state index is 9.26. The second-order valence-electron chi connectivity index (χ2n) is 5.35. The Kier molecular flexibility index (Phi) is 8.22. The van der Waals surface area contributed by atoms with E-state index < -0.39 is 8.07 Å². The van der Waals surface area contributed by atoms with Crippen molar-refractivity contribution in [3.63, 3.8) is 0 Å². The first-order valence-electron chi connectivity index (χ1n) is 6.06. The summed E-state index contributed by atoms with van der Waals surface area (Å²) in [5.41, 5.74) is 1.23. The van der Waals surface area contributed by atoms with E-state index >= 15 is 0 Å². The molecule has 16 heavy (non-hydrogen) atoms. The van der Waals surface area contributed by atoms with Crippen LogP contribution in [-0.2, 0) is 0 Å². The SMILES string of the molecule is C=C/C=C\CCC/C=C(/CO)C[Si](C)(C)C. The van der Waals surface area contributed by atoms with Gasteiger partial charge in [-0.25, -0.2) is 0 Å². The topological polar surface area (TPSA) is 20.2 Å². The molecule has 0 unspecified atom stereocenters. The van der Waals surface area contributed by atoms with E-state index in [2.05, 4.69) is 38.4 Å². The predicted octanol–water partition coefficient (Wildman–Crippen LogP) is 4.16. The molecule has 92 valence electrons. The smallest absolute Gasteiger partial charge is 0.0639 e. The van der Waals surface area contributed by atoms with Crippen molar-refractivity contribution in [3.05, 3.63) is 36.5 Å². The highest BCUT2D eigenvalue weighted by molar-refractivity contribution is 6.76. The third-order valence-electron chi connectivity index (χ3n) is 2.24. The third-order valence-corrected chi connectivity index (χ3v) is 3.76. The summed E-state index contributed by atoms with van der Waals surface area (Å²) in [6.07, 6.45) is 11.5. The van der Waals surface area contributed by atoms with Crippen molar-refractivity contribution < 1.29 is 5.11 Å². The fourth-order valence-electron chi connectivity index (χ4n) is 1.61. The maximum atomic E-state index is 9.26. The van der Waals surface area contributed by atoms with Crippen LogP contribution in [0.25, 0.3) is 0 Å². The molecule has 0 bridgehead atoms. The Balaban J connectivity index is 3.89. The van der Waals surface area contributed by atoms with Crippen LogP contribution < -0.4 is 0 Å². The van der Waals surface area contributed by atoms with Gasteiger partial charge in [0, 0.05) is 8.07 Å². The molecule has 0 aromatic carbocycles. The highest BCUT2D eigenvalue weighted by atomic mass is 28.3. The van der Waals surface area contributed by atoms with Gasteiger partial charge in [-0.2, -0.15) is 0 Å². The van der Waals surface area contributed by atoms with Gasteiger partial charge < -0.3 is 5.11 Å². The molecule has 0 aliphatic carbocycles. The van der Waals surface area contributed by atoms with Crippen LogP contribution in [0.3, 0.4) is 0 Å². The number of hydrogen-bond acceptors (Lipinski definition) is 1. The van der Waals surface area contributed by atoms with Crippen molar-refractivity contribution in [1.82, 2.24) is 0 Å². The van der Waals surface area contributed by atoms with Crippen LogP contribution in [-0.4, -0.2) is 19.8 Å². The number of allylic oxidation sites excluding steroid dienone is 4. The van der Waals surface area contributed by atoms with Crippen LogP contribution in [0.1, 0.15) is 19.3 Å². The number of hydrogen-bond donors (Lipinski definition) is 1. The van der Waals surface area contributed by atoms with Gasteiger partial charge in [0.05, 0.1) is 6.61 Å². The van der Waals surface area contributed by atoms with Gasteiger partial charge in [0.1, 0.15) is 0 Å². The van der Waals surface area contributed by atoms with Gasteiger partial charge in [0.25, 0.3) is 0 Å². The molecule has 0 amide bonds. The lowest BCUT2D eigenvalue weighted by Crippen LogP contribution is -2.20. The standard InChI is InChI=1S/C14H26OSi/c1-5-6-7-8-9-10-11-14(12-15)13-16(2,3)4/h5-7,11,15H,1,8-10,12-13H2,2-4H3/b7-6-,14-11-. The molecule has 0 aliphatic heterocycles. The van der Waals surface area contributed by atoms with Crippen LogP contribution in [0.2, 0.25) is 25.7 Å². The van der Waals surface area contributed by atoms with Gasteiger partial charge in [0.15, 0.2) is 0 Å². The minimum absolute atomic E-state index is 0.229. The maximum Gasteiger partial charge on any atom is 0.0639 e. The van der Waals surface area contributed by atoms with Crippen molar-refractivity contribution in [1.29, 1.82) is 0 Å². The lowest BCUT2D eigenvalue weighted by molar-refractivity contribution is 0.330. The lowest BCUT2D eigenvalue weighted by Gasteiger charge is -2.17. The van der Waals surface area contributed by atoms with E-state index in [1.807, 2.05) is 6.08 Å². The van der Waals surface area contributed by atoms with Gasteiger partial charge in [0.2, 0.25) is 0 Å². The molecule has 0 saturated heterocycles. The summed E-state index contributed by atoms with van der Waals surface area (Å²) in [5, 5.41) is 9.26. The first-order valence-corrected chi connectivity index (χ1v) is 9.76. The van der Waals surface area contributed by atoms with Crippen LogP contribution in [0.5, 0.6) is 0 Å². The summed E-state index contributed by atoms with van der Waals surface area (Å²) in [5.74, 6) is 0. The summed E-state index contributed by atoms with van der Waals surface area (Å²) in [6.45, 7) is 10.9. The van der Waals surface area contributed by atoms with Crippen molar-refractivity contribution in [2.75, 3.05) is 6.61 Å². The molecule has 0 saturated carbocycles. The zero-order chi connectivity index (χ0) is 12.4. The number of unbranched alkanes of at least 4 members (excludes halogenated alkanes) is 2. The summed E-state index contributed by atoms with van der Waals surface area (Å²) >= 11 is 0. The van der Waals surface area contributed by atoms with E-state index in [0.29, 0.717) is 0 Å². The van der Waals surface area contributed by atoms with E-state index in [1.165, 1.54) is 5.57 Å². The summed E-state index contributed by atoms with van der Waals surface area (Å²) in [4.78, 5) is 0. The molecule has 1 nitrogen and oxygen atoms in total. The number of rotatable bonds is 8. The van der Waals surface area contributed by atoms with Crippen LogP contribution in [0, 0.1) is 0 Å². The number of aliphatic hydroxyl groups is 1. The Morgan fingerprint density at radius 3 is 2.44 bits per heavy atom. The third kappa shape index (κ3) is 9.93. The first-order chi connectivity index (χ1) is 7.49. The zero-order valence-corrected chi connectivity index (χ0v) is 12.0. The Hall–Kier alpha value is -0.603. The van der Waals surface area contributed by atoms with Crippen molar-refractivity contribution in [3.8, 4) is 0 Å². The Morgan fingerprint density at radius 1 is 1.25 bits per heavy atom. The van der Waals surface area contributed by atoms with Crippen LogP contribution in [0.4, 0.5) is 0 Å². The molecule has 0 aromatic rings. The molecule has 0 radical (unpaired) electrons. The molecule has 0 spiro atoms. The molecule has 0 aromatic heterocycles. The van der Waals surface area contributed by atoms with Crippen LogP contribution >= 0.6 is 0 Å². The van der Waals surface area contributed by atoms with E-state index in [0.717, 1.165) is 25.3 Å². The average molecular weight is 238 g/mol. The van der Waals surface area contributed by atoms with Gasteiger partial charge in [-0.15, -0.1) is 0 Å². The summed E-state index contributed by atoms with van der Waals surface area (Å²) in [6, 6.07) is 1.12. The normalized spacial score (nSPS) is 13.4. The monoisotopic (exact) mass is 238 g/mol. The van der Waals surface area contributed by atoms with Gasteiger partial charge in [-0.1, -0.05) is 56.1 Å². The van der Waals surface area contributed by atoms with Gasteiger partial charge >= 0.3 is 0 Å². The minimum Gasteiger partial charge on any atom is -0.392 e. The second kappa shape index (κ2) is 8.54. The Labute approximate surface area is 102 Å². The largest absolute Gasteiger partial charge is 0.392 e. The average Bonchev–Trinajstić information content (AvgIpc) is 2.19. The second-order valence-corrected chi connectivity index (χ2v) is 10.8. The van der Waals surface area contributed by atoms with E-state index in [4.69, 9.17) is 0 Å². The Morgan fingerprint density at radius 2 is 1.94 bits per heavy atom. The molecule has 0 rings (SSSR count). The number of aliphatic hydroxyl groups excluding tert-OH is 1. The van der Waals surface area contributed by atoms with Crippen molar-refractivity contribution in [2.45, 2.75) is 44.9 Å². The van der Waals surface area contributed by atoms with Gasteiger partial charge in [-0.05, 0) is 25.3 Å². The fraction of sp³-hybridized carbons (Fsp3) is 0.571. The summed E-state index contributed by atoms with van der Waals surface area (Å²) < 4.78 is 0. The minimum atomic E-state index is -1.08. The quantitative estimate of drug-likeness (QED) is 0.291. The van der Waals surface area contributed by atoms with E-state index in [9.17, 15) is 5.11 Å². The Bertz CT molecular complexity index is 246. The highest BCUT2D eigenvalue weighted by Gasteiger charge is 2.14. The van der Waals surface area contributed by atoms with E-state index in [-0.39, 0.29) is 6.61 Å². The molecule has 0 atom stereocenters. The fourth-order valence-corrected chi connectivity index (χ4v) is 3.23. The molecule has 2 heteroatoms. The molecular formula is C14H26OSi. The zero-order valence-electron chi connectivity index (χ0n) is 11.0. The van der Waals surface area contributed by atoms with Gasteiger partial charge in [-0.3, -0.25) is 0 Å². The summed E-state index contributed by atoms with van der Waals surface area (Å²) in [7, 11) is -1.08. The predicted molar refractivity (Wildman–Crippen MR) is 76.5 cm³/mol. The van der Waals surface area contributed by atoms with Crippen molar-refractivity contribution >= 4 is 8.07 Å². The molecule has 0 fully saturated rings. The van der Waals surface area contributed by atoms with Crippen molar-refractivity contribution in [2.24, 2.45) is 0 Å². The molecule has 1 N–H and O–H groups in total. The molecule has 0 heterocycles. The molecule has 0 aliphatic rings. The van der Waals surface area contributed by atoms with E-state index in [1.54, 1.807) is 6.08 Å². The molecular weight excluding hydrogens is 212 g/mol. The first kappa shape index (κ1) is 15.4. The lowest BCUT2D eigenvalue weighted by atomic mass is 10.2. The highest BCUT2D eigenvalue weighted by Crippen LogP contribution is 2.16.